The van der Waals surface area contributed by atoms with E-state index in [0.29, 0.717) is 4.31 Å². The SMILES string of the molecule is O=C(N[C@H]1C(=O)N(S(=O)(=O)O)[C@H]1CI)OCc1ccccc1. The molecule has 0 aromatic heterocycles. The number of amides is 2. The van der Waals surface area contributed by atoms with Gasteiger partial charge in [0.25, 0.3) is 5.91 Å². The van der Waals surface area contributed by atoms with Crippen LogP contribution in [-0.2, 0) is 26.4 Å². The van der Waals surface area contributed by atoms with Crippen LogP contribution in [0, 0.1) is 0 Å². The van der Waals surface area contributed by atoms with Gasteiger partial charge in [-0.05, 0) is 5.56 Å². The first kappa shape index (κ1) is 17.0. The number of hydrogen-bond acceptors (Lipinski definition) is 5. The molecule has 2 atom stereocenters. The van der Waals surface area contributed by atoms with E-state index in [1.54, 1.807) is 24.3 Å². The summed E-state index contributed by atoms with van der Waals surface area (Å²) in [5, 5.41) is 2.31. The molecule has 0 spiro atoms. The molecule has 120 valence electrons. The van der Waals surface area contributed by atoms with E-state index in [1.807, 2.05) is 28.7 Å². The fourth-order valence-electron chi connectivity index (χ4n) is 2.00. The van der Waals surface area contributed by atoms with E-state index in [9.17, 15) is 18.0 Å². The predicted molar refractivity (Wildman–Crippen MR) is 84.6 cm³/mol. The maximum absolute atomic E-state index is 11.7. The maximum Gasteiger partial charge on any atom is 0.408 e. The van der Waals surface area contributed by atoms with E-state index in [-0.39, 0.29) is 11.0 Å². The second kappa shape index (κ2) is 6.79. The predicted octanol–water partition coefficient (Wildman–Crippen LogP) is 0.730. The van der Waals surface area contributed by atoms with E-state index in [4.69, 9.17) is 9.29 Å². The average Bonchev–Trinajstić information content (AvgIpc) is 2.47. The molecule has 1 fully saturated rings. The molecule has 1 aliphatic heterocycles. The van der Waals surface area contributed by atoms with Crippen molar-refractivity contribution in [2.45, 2.75) is 18.7 Å². The van der Waals surface area contributed by atoms with Gasteiger partial charge in [-0.3, -0.25) is 9.35 Å². The minimum atomic E-state index is -4.61. The third kappa shape index (κ3) is 3.67. The standard InChI is InChI=1S/C12H13IN2O6S/c13-6-9-10(11(16)15(9)22(18,19)20)14-12(17)21-7-8-4-2-1-3-5-8/h1-5,9-10H,6-7H2,(H,14,17)(H,18,19,20)/t9-,10+/m0/s1. The van der Waals surface area contributed by atoms with Crippen LogP contribution in [0.3, 0.4) is 0 Å². The summed E-state index contributed by atoms with van der Waals surface area (Å²) in [5.41, 5.74) is 0.780. The van der Waals surface area contributed by atoms with Crippen LogP contribution in [0.5, 0.6) is 0 Å². The van der Waals surface area contributed by atoms with Crippen molar-refractivity contribution in [3.63, 3.8) is 0 Å². The fraction of sp³-hybridized carbons (Fsp3) is 0.333. The number of β-lactam (4-membered cyclic amide) rings is 1. The third-order valence-electron chi connectivity index (χ3n) is 3.06. The smallest absolute Gasteiger partial charge is 0.408 e. The Bertz CT molecular complexity index is 665. The molecule has 1 aromatic rings. The molecule has 1 heterocycles. The first-order valence-electron chi connectivity index (χ1n) is 6.18. The number of nitrogens with one attached hydrogen (secondary N) is 1. The van der Waals surface area contributed by atoms with E-state index >= 15 is 0 Å². The Morgan fingerprint density at radius 2 is 2.00 bits per heavy atom. The first-order chi connectivity index (χ1) is 10.3. The van der Waals surface area contributed by atoms with Crippen LogP contribution in [0.15, 0.2) is 30.3 Å². The Labute approximate surface area is 140 Å². The number of nitrogens with zero attached hydrogens (tertiary/aromatic N) is 1. The molecule has 1 aliphatic rings. The molecule has 2 N–H and O–H groups in total. The number of carbonyl (C=O) groups is 2. The lowest BCUT2D eigenvalue weighted by Crippen LogP contribution is -2.72. The zero-order valence-electron chi connectivity index (χ0n) is 11.2. The molecule has 1 aromatic carbocycles. The number of rotatable bonds is 5. The third-order valence-corrected chi connectivity index (χ3v) is 4.91. The number of carbonyl (C=O) groups excluding carboxylic acids is 2. The Hall–Kier alpha value is -1.40. The largest absolute Gasteiger partial charge is 0.445 e. The molecule has 0 unspecified atom stereocenters. The summed E-state index contributed by atoms with van der Waals surface area (Å²) in [6.45, 7) is 0.0322. The van der Waals surface area contributed by atoms with Gasteiger partial charge in [0.15, 0.2) is 0 Å². The van der Waals surface area contributed by atoms with Crippen molar-refractivity contribution < 1.29 is 27.3 Å². The highest BCUT2D eigenvalue weighted by Gasteiger charge is 2.53. The van der Waals surface area contributed by atoms with Crippen LogP contribution in [0.25, 0.3) is 0 Å². The van der Waals surface area contributed by atoms with Crippen molar-refractivity contribution in [1.29, 1.82) is 0 Å². The zero-order chi connectivity index (χ0) is 16.3. The molecule has 0 radical (unpaired) electrons. The summed E-state index contributed by atoms with van der Waals surface area (Å²) in [5.74, 6) is -0.888. The number of benzene rings is 1. The Kier molecular flexibility index (Phi) is 5.24. The van der Waals surface area contributed by atoms with E-state index in [0.717, 1.165) is 5.56 Å². The second-order valence-corrected chi connectivity index (χ2v) is 6.69. The number of halogens is 1. The van der Waals surface area contributed by atoms with Gasteiger partial charge in [-0.2, -0.15) is 8.42 Å². The number of hydrogen-bond donors (Lipinski definition) is 2. The lowest BCUT2D eigenvalue weighted by atomic mass is 10.0. The van der Waals surface area contributed by atoms with Gasteiger partial charge in [0.05, 0.1) is 6.04 Å². The Balaban J connectivity index is 1.91. The van der Waals surface area contributed by atoms with E-state index in [1.165, 1.54) is 0 Å². The van der Waals surface area contributed by atoms with Gasteiger partial charge in [-0.1, -0.05) is 52.9 Å². The lowest BCUT2D eigenvalue weighted by molar-refractivity contribution is -0.141. The highest BCUT2D eigenvalue weighted by Crippen LogP contribution is 2.25. The maximum atomic E-state index is 11.7. The van der Waals surface area contributed by atoms with Crippen LogP contribution in [-0.4, -0.2) is 45.8 Å². The van der Waals surface area contributed by atoms with Crippen LogP contribution < -0.4 is 5.32 Å². The summed E-state index contributed by atoms with van der Waals surface area (Å²) in [7, 11) is -4.61. The van der Waals surface area contributed by atoms with Gasteiger partial charge in [0.2, 0.25) is 0 Å². The molecule has 8 nitrogen and oxygen atoms in total. The van der Waals surface area contributed by atoms with Crippen molar-refractivity contribution in [3.05, 3.63) is 35.9 Å². The molecular formula is C12H13IN2O6S. The number of alkyl carbamates (subject to hydrolysis) is 1. The second-order valence-electron chi connectivity index (χ2n) is 4.52. The van der Waals surface area contributed by atoms with Crippen molar-refractivity contribution in [2.24, 2.45) is 0 Å². The molecule has 0 aliphatic carbocycles. The van der Waals surface area contributed by atoms with E-state index in [2.05, 4.69) is 5.32 Å². The van der Waals surface area contributed by atoms with Gasteiger partial charge >= 0.3 is 16.4 Å². The molecular weight excluding hydrogens is 427 g/mol. The normalized spacial score (nSPS) is 21.2. The van der Waals surface area contributed by atoms with Crippen molar-refractivity contribution in [3.8, 4) is 0 Å². The van der Waals surface area contributed by atoms with Crippen LogP contribution in [0.2, 0.25) is 0 Å². The minimum absolute atomic E-state index is 0.0322. The minimum Gasteiger partial charge on any atom is -0.445 e. The summed E-state index contributed by atoms with van der Waals surface area (Å²) in [6.07, 6.45) is -0.827. The van der Waals surface area contributed by atoms with Crippen molar-refractivity contribution in [2.75, 3.05) is 4.43 Å². The molecule has 22 heavy (non-hydrogen) atoms. The quantitative estimate of drug-likeness (QED) is 0.302. The summed E-state index contributed by atoms with van der Waals surface area (Å²) in [4.78, 5) is 23.4. The molecule has 2 rings (SSSR count). The molecule has 1 saturated heterocycles. The highest BCUT2D eigenvalue weighted by atomic mass is 127. The van der Waals surface area contributed by atoms with Crippen LogP contribution >= 0.6 is 22.6 Å². The fourth-order valence-corrected chi connectivity index (χ4v) is 4.05. The molecule has 2 amide bonds. The lowest BCUT2D eigenvalue weighted by Gasteiger charge is -2.43. The summed E-state index contributed by atoms with van der Waals surface area (Å²) in [6, 6.07) is 7.11. The molecule has 10 heteroatoms. The first-order valence-corrected chi connectivity index (χ1v) is 9.10. The average molecular weight is 440 g/mol. The van der Waals surface area contributed by atoms with Gasteiger partial charge in [-0.15, -0.1) is 0 Å². The monoisotopic (exact) mass is 440 g/mol. The highest BCUT2D eigenvalue weighted by molar-refractivity contribution is 14.1. The summed E-state index contributed by atoms with van der Waals surface area (Å²) >= 11 is 1.86. The zero-order valence-corrected chi connectivity index (χ0v) is 14.2. The molecule has 0 saturated carbocycles. The topological polar surface area (TPSA) is 113 Å². The van der Waals surface area contributed by atoms with Gasteiger partial charge < -0.3 is 10.1 Å². The Morgan fingerprint density at radius 3 is 2.55 bits per heavy atom. The van der Waals surface area contributed by atoms with Crippen molar-refractivity contribution >= 4 is 44.9 Å². The number of alkyl halides is 1. The van der Waals surface area contributed by atoms with E-state index < -0.39 is 34.4 Å². The van der Waals surface area contributed by atoms with Gasteiger partial charge in [0, 0.05) is 4.43 Å². The summed E-state index contributed by atoms with van der Waals surface area (Å²) < 4.78 is 36.6. The van der Waals surface area contributed by atoms with Gasteiger partial charge in [-0.25, -0.2) is 9.10 Å². The van der Waals surface area contributed by atoms with Crippen LogP contribution in [0.1, 0.15) is 5.56 Å². The molecule has 0 bridgehead atoms. The van der Waals surface area contributed by atoms with Gasteiger partial charge in [0.1, 0.15) is 12.6 Å². The number of ether oxygens (including phenoxy) is 1. The van der Waals surface area contributed by atoms with Crippen LogP contribution in [0.4, 0.5) is 4.79 Å². The van der Waals surface area contributed by atoms with Crippen molar-refractivity contribution in [1.82, 2.24) is 9.62 Å². The Morgan fingerprint density at radius 1 is 1.36 bits per heavy atom.